The zero-order valence-corrected chi connectivity index (χ0v) is 10.4. The molecular weight excluding hydrogens is 172 g/mol. The Hall–Kier alpha value is -0.0800. The Morgan fingerprint density at radius 1 is 1.21 bits per heavy atom. The maximum absolute atomic E-state index is 6.13. The summed E-state index contributed by atoms with van der Waals surface area (Å²) in [5.41, 5.74) is 6.11. The summed E-state index contributed by atoms with van der Waals surface area (Å²) in [5.74, 6) is 0.812. The van der Waals surface area contributed by atoms with Crippen LogP contribution in [0.4, 0.5) is 0 Å². The Balaban J connectivity index is 3.60. The quantitative estimate of drug-likeness (QED) is 0.632. The van der Waals surface area contributed by atoms with Crippen molar-refractivity contribution in [2.24, 2.45) is 11.7 Å². The Kier molecular flexibility index (Phi) is 7.20. The molecule has 0 spiro atoms. The molecule has 0 radical (unpaired) electrons. The highest BCUT2D eigenvalue weighted by Gasteiger charge is 2.16. The lowest BCUT2D eigenvalue weighted by atomic mass is 9.97. The first-order valence-corrected chi connectivity index (χ1v) is 6.05. The zero-order valence-electron chi connectivity index (χ0n) is 10.4. The summed E-state index contributed by atoms with van der Waals surface area (Å²) >= 11 is 0. The van der Waals surface area contributed by atoms with Crippen LogP contribution in [0, 0.1) is 5.92 Å². The van der Waals surface area contributed by atoms with Crippen molar-refractivity contribution in [3.8, 4) is 0 Å². The third kappa shape index (κ3) is 6.39. The molecule has 0 aromatic heterocycles. The lowest BCUT2D eigenvalue weighted by molar-refractivity contribution is 0.367. The van der Waals surface area contributed by atoms with Crippen LogP contribution < -0.4 is 11.1 Å². The molecule has 1 atom stereocenters. The number of hydrogen-bond acceptors (Lipinski definition) is 2. The van der Waals surface area contributed by atoms with Crippen molar-refractivity contribution in [3.05, 3.63) is 0 Å². The molecule has 0 rings (SSSR count). The highest BCUT2D eigenvalue weighted by atomic mass is 14.9. The van der Waals surface area contributed by atoms with E-state index in [-0.39, 0.29) is 5.54 Å². The molecule has 86 valence electrons. The van der Waals surface area contributed by atoms with Crippen LogP contribution in [-0.2, 0) is 0 Å². The minimum absolute atomic E-state index is 0.0270. The summed E-state index contributed by atoms with van der Waals surface area (Å²) in [5, 5.41) is 3.49. The van der Waals surface area contributed by atoms with Crippen LogP contribution >= 0.6 is 0 Å². The molecule has 14 heavy (non-hydrogen) atoms. The molecule has 1 unspecified atom stereocenters. The molecule has 0 saturated heterocycles. The number of hydrogen-bond donors (Lipinski definition) is 2. The largest absolute Gasteiger partial charge is 0.324 e. The van der Waals surface area contributed by atoms with Gasteiger partial charge in [-0.1, -0.05) is 40.0 Å². The van der Waals surface area contributed by atoms with E-state index in [4.69, 9.17) is 5.73 Å². The zero-order chi connectivity index (χ0) is 11.0. The third-order valence-corrected chi connectivity index (χ3v) is 2.94. The maximum atomic E-state index is 6.13. The molecule has 0 bridgehead atoms. The Morgan fingerprint density at radius 3 is 2.21 bits per heavy atom. The molecule has 2 heteroatoms. The van der Waals surface area contributed by atoms with E-state index in [2.05, 4.69) is 33.0 Å². The van der Waals surface area contributed by atoms with Crippen LogP contribution in [0.15, 0.2) is 0 Å². The Morgan fingerprint density at radius 2 is 1.79 bits per heavy atom. The second-order valence-corrected chi connectivity index (χ2v) is 4.72. The van der Waals surface area contributed by atoms with E-state index in [0.29, 0.717) is 0 Å². The van der Waals surface area contributed by atoms with Gasteiger partial charge in [0.2, 0.25) is 0 Å². The van der Waals surface area contributed by atoms with Gasteiger partial charge in [-0.3, -0.25) is 0 Å². The molecule has 0 fully saturated rings. The van der Waals surface area contributed by atoms with Crippen LogP contribution in [0.2, 0.25) is 0 Å². The van der Waals surface area contributed by atoms with Gasteiger partial charge in [0, 0.05) is 12.1 Å². The van der Waals surface area contributed by atoms with Gasteiger partial charge in [-0.2, -0.15) is 0 Å². The van der Waals surface area contributed by atoms with Gasteiger partial charge in [-0.25, -0.2) is 0 Å². The van der Waals surface area contributed by atoms with Gasteiger partial charge in [-0.05, 0) is 25.8 Å². The fourth-order valence-corrected chi connectivity index (χ4v) is 1.80. The van der Waals surface area contributed by atoms with Crippen LogP contribution in [0.25, 0.3) is 0 Å². The van der Waals surface area contributed by atoms with Crippen LogP contribution in [0.5, 0.6) is 0 Å². The van der Waals surface area contributed by atoms with E-state index in [1.165, 1.54) is 19.3 Å². The average Bonchev–Trinajstić information content (AvgIpc) is 2.12. The highest BCUT2D eigenvalue weighted by Crippen LogP contribution is 2.08. The lowest BCUT2D eigenvalue weighted by Gasteiger charge is -2.25. The number of rotatable bonds is 8. The second-order valence-electron chi connectivity index (χ2n) is 4.72. The molecule has 3 N–H and O–H groups in total. The molecule has 0 aromatic rings. The van der Waals surface area contributed by atoms with E-state index in [1.807, 2.05) is 0 Å². The monoisotopic (exact) mass is 200 g/mol. The molecule has 2 nitrogen and oxygen atoms in total. The smallest absolute Gasteiger partial charge is 0.0252 e. The second kappa shape index (κ2) is 7.24. The van der Waals surface area contributed by atoms with Crippen molar-refractivity contribution >= 4 is 0 Å². The van der Waals surface area contributed by atoms with Crippen molar-refractivity contribution < 1.29 is 0 Å². The Bertz CT molecular complexity index is 128. The van der Waals surface area contributed by atoms with E-state index in [9.17, 15) is 0 Å². The van der Waals surface area contributed by atoms with Crippen molar-refractivity contribution in [3.63, 3.8) is 0 Å². The molecule has 0 saturated carbocycles. The van der Waals surface area contributed by atoms with Gasteiger partial charge in [0.25, 0.3) is 0 Å². The van der Waals surface area contributed by atoms with Crippen molar-refractivity contribution in [2.75, 3.05) is 13.1 Å². The maximum Gasteiger partial charge on any atom is 0.0252 e. The fourth-order valence-electron chi connectivity index (χ4n) is 1.80. The molecule has 0 aliphatic heterocycles. The first-order valence-electron chi connectivity index (χ1n) is 6.05. The Labute approximate surface area is 89.6 Å². The average molecular weight is 200 g/mol. The first-order chi connectivity index (χ1) is 6.55. The topological polar surface area (TPSA) is 38.0 Å². The normalized spacial score (nSPS) is 15.9. The SMILES string of the molecule is CCCC(C)(N)CNCC(CC)CC. The summed E-state index contributed by atoms with van der Waals surface area (Å²) in [6, 6.07) is 0. The van der Waals surface area contributed by atoms with Gasteiger partial charge in [-0.15, -0.1) is 0 Å². The van der Waals surface area contributed by atoms with Gasteiger partial charge in [0.05, 0.1) is 0 Å². The van der Waals surface area contributed by atoms with E-state index < -0.39 is 0 Å². The molecule has 0 aliphatic rings. The van der Waals surface area contributed by atoms with Gasteiger partial charge >= 0.3 is 0 Å². The van der Waals surface area contributed by atoms with Crippen LogP contribution in [-0.4, -0.2) is 18.6 Å². The third-order valence-electron chi connectivity index (χ3n) is 2.94. The summed E-state index contributed by atoms with van der Waals surface area (Å²) in [6.07, 6.45) is 4.79. The van der Waals surface area contributed by atoms with E-state index in [1.54, 1.807) is 0 Å². The molecule has 0 aromatic carbocycles. The minimum Gasteiger partial charge on any atom is -0.324 e. The van der Waals surface area contributed by atoms with Crippen molar-refractivity contribution in [1.82, 2.24) is 5.32 Å². The van der Waals surface area contributed by atoms with Gasteiger partial charge in [0.1, 0.15) is 0 Å². The number of nitrogens with two attached hydrogens (primary N) is 1. The standard InChI is InChI=1S/C12H28N2/c1-5-8-12(4,13)10-14-9-11(6-2)7-3/h11,14H,5-10,13H2,1-4H3. The van der Waals surface area contributed by atoms with Crippen LogP contribution in [0.3, 0.4) is 0 Å². The fraction of sp³-hybridized carbons (Fsp3) is 1.00. The molecular formula is C12H28N2. The van der Waals surface area contributed by atoms with Gasteiger partial charge < -0.3 is 11.1 Å². The van der Waals surface area contributed by atoms with Crippen LogP contribution in [0.1, 0.15) is 53.4 Å². The van der Waals surface area contributed by atoms with Gasteiger partial charge in [0.15, 0.2) is 0 Å². The predicted molar refractivity (Wildman–Crippen MR) is 64.4 cm³/mol. The predicted octanol–water partition coefficient (Wildman–Crippen LogP) is 2.53. The number of nitrogens with one attached hydrogen (secondary N) is 1. The highest BCUT2D eigenvalue weighted by molar-refractivity contribution is 4.80. The minimum atomic E-state index is -0.0270. The van der Waals surface area contributed by atoms with E-state index in [0.717, 1.165) is 25.4 Å². The molecule has 0 heterocycles. The molecule has 0 amide bonds. The molecule has 0 aliphatic carbocycles. The summed E-state index contributed by atoms with van der Waals surface area (Å²) < 4.78 is 0. The first kappa shape index (κ1) is 13.9. The summed E-state index contributed by atoms with van der Waals surface area (Å²) in [7, 11) is 0. The summed E-state index contributed by atoms with van der Waals surface area (Å²) in [4.78, 5) is 0. The lowest BCUT2D eigenvalue weighted by Crippen LogP contribution is -2.46. The van der Waals surface area contributed by atoms with E-state index >= 15 is 0 Å². The van der Waals surface area contributed by atoms with Crippen molar-refractivity contribution in [2.45, 2.75) is 58.9 Å². The van der Waals surface area contributed by atoms with Crippen molar-refractivity contribution in [1.29, 1.82) is 0 Å². The summed E-state index contributed by atoms with van der Waals surface area (Å²) in [6.45, 7) is 10.9.